The molecule has 0 N–H and O–H groups in total. The number of hydrogen-bond donors (Lipinski definition) is 0. The van der Waals surface area contributed by atoms with Crippen molar-refractivity contribution in [1.82, 2.24) is 24.6 Å². The van der Waals surface area contributed by atoms with Crippen LogP contribution in [0.5, 0.6) is 0 Å². The molecule has 2 aliphatic rings. The van der Waals surface area contributed by atoms with Crippen molar-refractivity contribution >= 4 is 17.2 Å². The number of fused-ring (bicyclic) bond motifs is 3. The predicted molar refractivity (Wildman–Crippen MR) is 94.3 cm³/mol. The lowest BCUT2D eigenvalue weighted by molar-refractivity contribution is 0.0660. The molecule has 0 radical (unpaired) electrons. The molecule has 25 heavy (non-hydrogen) atoms. The minimum Gasteiger partial charge on any atom is -0.329 e. The Morgan fingerprint density at radius 2 is 1.96 bits per heavy atom. The lowest BCUT2D eigenvalue weighted by Gasteiger charge is -2.27. The van der Waals surface area contributed by atoms with Crippen LogP contribution in [-0.2, 0) is 13.0 Å². The van der Waals surface area contributed by atoms with Crippen LogP contribution in [-0.4, -0.2) is 42.6 Å². The molecule has 1 saturated heterocycles. The van der Waals surface area contributed by atoms with Crippen LogP contribution in [0.3, 0.4) is 0 Å². The molecule has 3 aromatic rings. The summed E-state index contributed by atoms with van der Waals surface area (Å²) in [7, 11) is 0. The van der Waals surface area contributed by atoms with Gasteiger partial charge in [0.2, 0.25) is 0 Å². The minimum absolute atomic E-state index is 0.0497. The number of amides is 1. The van der Waals surface area contributed by atoms with E-state index in [1.165, 1.54) is 11.3 Å². The molecule has 0 spiro atoms. The van der Waals surface area contributed by atoms with E-state index < -0.39 is 0 Å². The molecule has 2 unspecified atom stereocenters. The number of benzene rings is 1. The van der Waals surface area contributed by atoms with Gasteiger partial charge < -0.3 is 9.47 Å². The molecule has 126 valence electrons. The molecule has 2 aromatic heterocycles. The van der Waals surface area contributed by atoms with E-state index in [0.29, 0.717) is 5.69 Å². The fourth-order valence-corrected chi connectivity index (χ4v) is 4.55. The Bertz CT molecular complexity index is 905. The summed E-state index contributed by atoms with van der Waals surface area (Å²) in [5.41, 5.74) is 3.34. The number of carbonyl (C=O) groups is 1. The highest BCUT2D eigenvalue weighted by Gasteiger charge is 2.41. The number of rotatable bonds is 2. The van der Waals surface area contributed by atoms with Gasteiger partial charge in [-0.15, -0.1) is 21.5 Å². The fourth-order valence-electron chi connectivity index (χ4n) is 4.02. The first-order valence-electron chi connectivity index (χ1n) is 8.49. The lowest BCUT2D eigenvalue weighted by Crippen LogP contribution is -2.42. The third-order valence-corrected chi connectivity index (χ3v) is 5.76. The molecular weight excluding hydrogens is 334 g/mol. The Balaban J connectivity index is 1.51. The van der Waals surface area contributed by atoms with Gasteiger partial charge in [-0.1, -0.05) is 30.3 Å². The molecule has 1 amide bonds. The molecule has 2 bridgehead atoms. The van der Waals surface area contributed by atoms with Gasteiger partial charge in [0.05, 0.1) is 11.6 Å². The third-order valence-electron chi connectivity index (χ3n) is 5.18. The highest BCUT2D eigenvalue weighted by atomic mass is 32.1. The van der Waals surface area contributed by atoms with Crippen molar-refractivity contribution in [3.63, 3.8) is 0 Å². The Morgan fingerprint density at radius 3 is 2.76 bits per heavy atom. The summed E-state index contributed by atoms with van der Waals surface area (Å²) in [6.45, 7) is 0.749. The van der Waals surface area contributed by atoms with Gasteiger partial charge in [0.1, 0.15) is 11.5 Å². The van der Waals surface area contributed by atoms with E-state index in [4.69, 9.17) is 0 Å². The van der Waals surface area contributed by atoms with Crippen molar-refractivity contribution in [2.24, 2.45) is 0 Å². The maximum atomic E-state index is 12.9. The second kappa shape index (κ2) is 5.77. The van der Waals surface area contributed by atoms with Gasteiger partial charge >= 0.3 is 0 Å². The van der Waals surface area contributed by atoms with E-state index in [1.54, 1.807) is 5.51 Å². The summed E-state index contributed by atoms with van der Waals surface area (Å²) >= 11 is 1.46. The first kappa shape index (κ1) is 14.8. The first-order valence-corrected chi connectivity index (χ1v) is 9.44. The van der Waals surface area contributed by atoms with Crippen molar-refractivity contribution in [2.75, 3.05) is 0 Å². The van der Waals surface area contributed by atoms with Gasteiger partial charge in [0.25, 0.3) is 5.91 Å². The Morgan fingerprint density at radius 1 is 1.12 bits per heavy atom. The van der Waals surface area contributed by atoms with E-state index in [-0.39, 0.29) is 18.0 Å². The van der Waals surface area contributed by atoms with Crippen molar-refractivity contribution in [3.05, 3.63) is 52.7 Å². The second-order valence-electron chi connectivity index (χ2n) is 6.59. The van der Waals surface area contributed by atoms with Gasteiger partial charge in [-0.05, 0) is 12.8 Å². The summed E-state index contributed by atoms with van der Waals surface area (Å²) in [5.74, 6) is 1.92. The fraction of sp³-hybridized carbons (Fsp3) is 0.333. The van der Waals surface area contributed by atoms with Gasteiger partial charge in [-0.3, -0.25) is 4.79 Å². The summed E-state index contributed by atoms with van der Waals surface area (Å²) in [6, 6.07) is 10.5. The van der Waals surface area contributed by atoms with Crippen LogP contribution in [0.15, 0.2) is 41.2 Å². The molecular formula is C18H17N5OS. The largest absolute Gasteiger partial charge is 0.329 e. The van der Waals surface area contributed by atoms with E-state index >= 15 is 0 Å². The van der Waals surface area contributed by atoms with Gasteiger partial charge in [-0.25, -0.2) is 4.98 Å². The smallest absolute Gasteiger partial charge is 0.273 e. The summed E-state index contributed by atoms with van der Waals surface area (Å²) in [5, 5.41) is 10.7. The zero-order valence-electron chi connectivity index (χ0n) is 13.6. The maximum Gasteiger partial charge on any atom is 0.273 e. The number of nitrogens with zero attached hydrogens (tertiary/aromatic N) is 5. The minimum atomic E-state index is 0.0497. The predicted octanol–water partition coefficient (Wildman–Crippen LogP) is 2.63. The normalized spacial score (nSPS) is 21.8. The lowest BCUT2D eigenvalue weighted by atomic mass is 10.1. The van der Waals surface area contributed by atoms with Gasteiger partial charge in [0.15, 0.2) is 5.82 Å². The van der Waals surface area contributed by atoms with Crippen LogP contribution in [0.2, 0.25) is 0 Å². The van der Waals surface area contributed by atoms with Crippen LogP contribution in [0.4, 0.5) is 0 Å². The van der Waals surface area contributed by atoms with Crippen LogP contribution < -0.4 is 0 Å². The average Bonchev–Trinajstić information content (AvgIpc) is 3.35. The van der Waals surface area contributed by atoms with Gasteiger partial charge in [0, 0.05) is 30.0 Å². The molecule has 6 nitrogen and oxygen atoms in total. The molecule has 1 fully saturated rings. The summed E-state index contributed by atoms with van der Waals surface area (Å²) in [6.07, 6.45) is 2.80. The Kier molecular flexibility index (Phi) is 3.41. The van der Waals surface area contributed by atoms with Crippen molar-refractivity contribution in [2.45, 2.75) is 37.9 Å². The summed E-state index contributed by atoms with van der Waals surface area (Å²) in [4.78, 5) is 19.2. The molecule has 4 heterocycles. The SMILES string of the molecule is O=C(c1cscn1)N1C2CCC1Cn1c(nnc1-c1ccccc1)C2. The molecule has 5 rings (SSSR count). The zero-order valence-corrected chi connectivity index (χ0v) is 14.4. The quantitative estimate of drug-likeness (QED) is 0.712. The van der Waals surface area contributed by atoms with Crippen LogP contribution in [0, 0.1) is 0 Å². The molecule has 1 aromatic carbocycles. The standard InChI is InChI=1S/C18H17N5OS/c24-18(15-10-25-11-19-15)23-13-6-7-14(23)9-22-16(8-13)20-21-17(22)12-4-2-1-3-5-12/h1-5,10-11,13-14H,6-9H2. The van der Waals surface area contributed by atoms with Crippen molar-refractivity contribution in [3.8, 4) is 11.4 Å². The van der Waals surface area contributed by atoms with Gasteiger partial charge in [-0.2, -0.15) is 0 Å². The Labute approximate surface area is 149 Å². The van der Waals surface area contributed by atoms with E-state index in [9.17, 15) is 4.79 Å². The molecule has 2 atom stereocenters. The zero-order chi connectivity index (χ0) is 16.8. The van der Waals surface area contributed by atoms with E-state index in [2.05, 4.69) is 31.9 Å². The average molecular weight is 351 g/mol. The van der Waals surface area contributed by atoms with Crippen LogP contribution in [0.1, 0.15) is 29.2 Å². The Hall–Kier alpha value is -2.54. The molecule has 0 aliphatic carbocycles. The molecule has 0 saturated carbocycles. The maximum absolute atomic E-state index is 12.9. The third kappa shape index (κ3) is 2.38. The highest BCUT2D eigenvalue weighted by molar-refractivity contribution is 7.07. The molecule has 2 aliphatic heterocycles. The number of hydrogen-bond acceptors (Lipinski definition) is 5. The molecule has 7 heteroatoms. The number of aromatic nitrogens is 4. The van der Waals surface area contributed by atoms with Crippen molar-refractivity contribution in [1.29, 1.82) is 0 Å². The highest BCUT2D eigenvalue weighted by Crippen LogP contribution is 2.34. The van der Waals surface area contributed by atoms with E-state index in [0.717, 1.165) is 43.0 Å². The monoisotopic (exact) mass is 351 g/mol. The van der Waals surface area contributed by atoms with Crippen LogP contribution in [0.25, 0.3) is 11.4 Å². The van der Waals surface area contributed by atoms with Crippen LogP contribution >= 0.6 is 11.3 Å². The second-order valence-corrected chi connectivity index (χ2v) is 7.31. The van der Waals surface area contributed by atoms with Crippen molar-refractivity contribution < 1.29 is 4.79 Å². The number of thiazole rings is 1. The summed E-state index contributed by atoms with van der Waals surface area (Å²) < 4.78 is 2.19. The van der Waals surface area contributed by atoms with E-state index in [1.807, 2.05) is 28.5 Å². The topological polar surface area (TPSA) is 63.9 Å². The first-order chi connectivity index (χ1) is 12.3. The number of carbonyl (C=O) groups excluding carboxylic acids is 1.